The summed E-state index contributed by atoms with van der Waals surface area (Å²) in [5, 5.41) is 21.5. The zero-order valence-electron chi connectivity index (χ0n) is 17.3. The second-order valence-electron chi connectivity index (χ2n) is 6.83. The molecule has 3 N–H and O–H groups in total. The summed E-state index contributed by atoms with van der Waals surface area (Å²) < 4.78 is 4.69. The standard InChI is InChI=1S/C22H29NO6/c1-5-17(21(27)29-4)13-15(2)9-7-6-8-10-16(3)19(25)18-14-22(28,11-12-24)23-20(18)26/h5-10,13,18,24,28H,11-12,14H2,1-4H3,(H,23,26)/b8-6+,9-7+,15-13+,16-10+,17-5+. The van der Waals surface area contributed by atoms with Crippen molar-refractivity contribution in [1.29, 1.82) is 0 Å². The van der Waals surface area contributed by atoms with Crippen LogP contribution in [0.1, 0.15) is 33.6 Å². The molecule has 0 aliphatic carbocycles. The number of ether oxygens (including phenoxy) is 1. The van der Waals surface area contributed by atoms with Gasteiger partial charge >= 0.3 is 5.97 Å². The largest absolute Gasteiger partial charge is 0.465 e. The van der Waals surface area contributed by atoms with Crippen molar-refractivity contribution in [2.24, 2.45) is 5.92 Å². The summed E-state index contributed by atoms with van der Waals surface area (Å²) in [5.41, 5.74) is 0.147. The lowest BCUT2D eigenvalue weighted by Crippen LogP contribution is -2.42. The summed E-state index contributed by atoms with van der Waals surface area (Å²) >= 11 is 0. The summed E-state index contributed by atoms with van der Waals surface area (Å²) in [4.78, 5) is 36.0. The van der Waals surface area contributed by atoms with Crippen LogP contribution in [0.2, 0.25) is 0 Å². The summed E-state index contributed by atoms with van der Waals surface area (Å²) in [6.07, 6.45) is 11.8. The molecule has 0 saturated carbocycles. The quantitative estimate of drug-likeness (QED) is 0.235. The van der Waals surface area contributed by atoms with Crippen LogP contribution in [0.3, 0.4) is 0 Å². The maximum Gasteiger partial charge on any atom is 0.337 e. The third-order valence-electron chi connectivity index (χ3n) is 4.49. The molecule has 1 heterocycles. The van der Waals surface area contributed by atoms with Gasteiger partial charge in [0.25, 0.3) is 0 Å². The van der Waals surface area contributed by atoms with E-state index < -0.39 is 23.5 Å². The minimum atomic E-state index is -1.54. The Balaban J connectivity index is 2.72. The maximum absolute atomic E-state index is 12.5. The molecule has 2 atom stereocenters. The highest BCUT2D eigenvalue weighted by molar-refractivity contribution is 6.10. The van der Waals surface area contributed by atoms with Gasteiger partial charge in [0.2, 0.25) is 5.91 Å². The minimum Gasteiger partial charge on any atom is -0.465 e. The second kappa shape index (κ2) is 11.3. The number of aliphatic hydroxyl groups excluding tert-OH is 1. The Kier molecular flexibility index (Phi) is 9.44. The van der Waals surface area contributed by atoms with Gasteiger partial charge in [-0.3, -0.25) is 9.59 Å². The molecule has 158 valence electrons. The first-order valence-corrected chi connectivity index (χ1v) is 9.31. The SMILES string of the molecule is C\C=C(/C=C(C)/C=C/C=C/C=C(\C)C(=O)C1CC(O)(CCO)NC1=O)C(=O)OC. The highest BCUT2D eigenvalue weighted by atomic mass is 16.5. The summed E-state index contributed by atoms with van der Waals surface area (Å²) in [5.74, 6) is -2.27. The summed E-state index contributed by atoms with van der Waals surface area (Å²) in [7, 11) is 1.33. The predicted molar refractivity (Wildman–Crippen MR) is 109 cm³/mol. The van der Waals surface area contributed by atoms with E-state index in [2.05, 4.69) is 10.1 Å². The van der Waals surface area contributed by atoms with Gasteiger partial charge < -0.3 is 20.3 Å². The number of hydrogen-bond acceptors (Lipinski definition) is 6. The molecule has 0 aromatic carbocycles. The highest BCUT2D eigenvalue weighted by Crippen LogP contribution is 2.28. The Morgan fingerprint density at radius 1 is 1.28 bits per heavy atom. The molecule has 29 heavy (non-hydrogen) atoms. The van der Waals surface area contributed by atoms with Gasteiger partial charge in [0, 0.05) is 19.4 Å². The minimum absolute atomic E-state index is 0.0201. The number of ketones is 1. The number of carbonyl (C=O) groups excluding carboxylic acids is 3. The number of hydrogen-bond donors (Lipinski definition) is 3. The van der Waals surface area contributed by atoms with Crippen LogP contribution in [0.5, 0.6) is 0 Å². The molecule has 0 bridgehead atoms. The van der Waals surface area contributed by atoms with Crippen molar-refractivity contribution >= 4 is 17.7 Å². The van der Waals surface area contributed by atoms with Gasteiger partial charge in [0.15, 0.2) is 5.78 Å². The monoisotopic (exact) mass is 403 g/mol. The molecule has 0 aromatic rings. The number of methoxy groups -OCH3 is 1. The third-order valence-corrected chi connectivity index (χ3v) is 4.49. The molecular weight excluding hydrogens is 374 g/mol. The Morgan fingerprint density at radius 2 is 1.97 bits per heavy atom. The number of amides is 1. The van der Waals surface area contributed by atoms with Crippen molar-refractivity contribution in [3.8, 4) is 0 Å². The third kappa shape index (κ3) is 7.29. The molecule has 0 aromatic heterocycles. The molecule has 0 radical (unpaired) electrons. The van der Waals surface area contributed by atoms with Crippen LogP contribution in [0.4, 0.5) is 0 Å². The average Bonchev–Trinajstić information content (AvgIpc) is 2.98. The van der Waals surface area contributed by atoms with Gasteiger partial charge in [-0.05, 0) is 32.4 Å². The fourth-order valence-electron chi connectivity index (χ4n) is 2.86. The molecule has 7 nitrogen and oxygen atoms in total. The number of Topliss-reactive ketones (excluding diaryl/α,β-unsaturated/α-hetero) is 1. The maximum atomic E-state index is 12.5. The van der Waals surface area contributed by atoms with E-state index >= 15 is 0 Å². The number of esters is 1. The smallest absolute Gasteiger partial charge is 0.337 e. The Bertz CT molecular complexity index is 787. The van der Waals surface area contributed by atoms with Gasteiger partial charge in [-0.25, -0.2) is 4.79 Å². The number of rotatable bonds is 9. The lowest BCUT2D eigenvalue weighted by Gasteiger charge is -2.20. The predicted octanol–water partition coefficient (Wildman–Crippen LogP) is 1.89. The molecule has 1 fully saturated rings. The van der Waals surface area contributed by atoms with E-state index in [1.54, 1.807) is 56.4 Å². The molecule has 0 spiro atoms. The van der Waals surface area contributed by atoms with Crippen LogP contribution in [-0.4, -0.2) is 47.3 Å². The molecule has 2 unspecified atom stereocenters. The molecule has 1 saturated heterocycles. The van der Waals surface area contributed by atoms with E-state index in [0.717, 1.165) is 5.57 Å². The zero-order valence-corrected chi connectivity index (χ0v) is 17.3. The van der Waals surface area contributed by atoms with Crippen LogP contribution < -0.4 is 5.32 Å². The van der Waals surface area contributed by atoms with Gasteiger partial charge in [0.05, 0.1) is 12.7 Å². The fourth-order valence-corrected chi connectivity index (χ4v) is 2.86. The van der Waals surface area contributed by atoms with Crippen LogP contribution in [0.15, 0.2) is 59.3 Å². The van der Waals surface area contributed by atoms with Crippen molar-refractivity contribution in [2.75, 3.05) is 13.7 Å². The van der Waals surface area contributed by atoms with Crippen LogP contribution in [0, 0.1) is 5.92 Å². The first kappa shape index (κ1) is 24.3. The lowest BCUT2D eigenvalue weighted by atomic mass is 9.93. The van der Waals surface area contributed by atoms with Gasteiger partial charge in [-0.2, -0.15) is 0 Å². The van der Waals surface area contributed by atoms with E-state index in [1.807, 2.05) is 6.92 Å². The van der Waals surface area contributed by atoms with Crippen molar-refractivity contribution < 1.29 is 29.3 Å². The number of allylic oxidation sites excluding steroid dienone is 8. The van der Waals surface area contributed by atoms with Gasteiger partial charge in [-0.1, -0.05) is 42.0 Å². The Hall–Kier alpha value is -2.77. The van der Waals surface area contributed by atoms with Crippen LogP contribution in [-0.2, 0) is 19.1 Å². The van der Waals surface area contributed by atoms with Crippen LogP contribution >= 0.6 is 0 Å². The van der Waals surface area contributed by atoms with Gasteiger partial charge in [-0.15, -0.1) is 0 Å². The first-order valence-electron chi connectivity index (χ1n) is 9.31. The normalized spacial score (nSPS) is 23.7. The zero-order chi connectivity index (χ0) is 22.0. The molecule has 1 aliphatic heterocycles. The first-order chi connectivity index (χ1) is 13.7. The second-order valence-corrected chi connectivity index (χ2v) is 6.83. The number of aliphatic hydroxyl groups is 2. The van der Waals surface area contributed by atoms with Crippen molar-refractivity contribution in [1.82, 2.24) is 5.32 Å². The average molecular weight is 403 g/mol. The van der Waals surface area contributed by atoms with E-state index in [9.17, 15) is 19.5 Å². The number of carbonyl (C=O) groups is 3. The topological polar surface area (TPSA) is 113 Å². The number of nitrogens with one attached hydrogen (secondary N) is 1. The van der Waals surface area contributed by atoms with Crippen LogP contribution in [0.25, 0.3) is 0 Å². The fraction of sp³-hybridized carbons (Fsp3) is 0.409. The Morgan fingerprint density at radius 3 is 2.55 bits per heavy atom. The molecular formula is C22H29NO6. The van der Waals surface area contributed by atoms with E-state index in [0.29, 0.717) is 11.1 Å². The van der Waals surface area contributed by atoms with Gasteiger partial charge in [0.1, 0.15) is 11.6 Å². The summed E-state index contributed by atoms with van der Waals surface area (Å²) in [6.45, 7) is 4.91. The van der Waals surface area contributed by atoms with Crippen molar-refractivity contribution in [3.05, 3.63) is 59.3 Å². The lowest BCUT2D eigenvalue weighted by molar-refractivity contribution is -0.135. The highest BCUT2D eigenvalue weighted by Gasteiger charge is 2.45. The summed E-state index contributed by atoms with van der Waals surface area (Å²) in [6, 6.07) is 0. The Labute approximate surface area is 171 Å². The van der Waals surface area contributed by atoms with E-state index in [4.69, 9.17) is 5.11 Å². The van der Waals surface area contributed by atoms with Crippen molar-refractivity contribution in [2.45, 2.75) is 39.3 Å². The molecule has 1 aliphatic rings. The van der Waals surface area contributed by atoms with Crippen molar-refractivity contribution in [3.63, 3.8) is 0 Å². The van der Waals surface area contributed by atoms with E-state index in [-0.39, 0.29) is 25.2 Å². The molecule has 1 rings (SSSR count). The molecule has 1 amide bonds. The van der Waals surface area contributed by atoms with E-state index in [1.165, 1.54) is 7.11 Å². The molecule has 7 heteroatoms.